The second-order valence-corrected chi connectivity index (χ2v) is 27.7. The number of phosphoric acid groups is 1. The van der Waals surface area contributed by atoms with Crippen LogP contribution in [0.3, 0.4) is 0 Å². The van der Waals surface area contributed by atoms with Crippen molar-refractivity contribution >= 4 is 13.7 Å². The van der Waals surface area contributed by atoms with E-state index in [4.69, 9.17) is 9.05 Å². The van der Waals surface area contributed by atoms with Gasteiger partial charge in [0.1, 0.15) is 13.2 Å². The minimum atomic E-state index is -4.61. The number of rotatable bonds is 68. The SMILES string of the molecule is CCCCCCCCCCCCCCCCCC/C=C/CC/C=C/C(O)C(COP(=O)([O-])OCC[N+](C)(C)C)NC(=O)CCCCCCCCCCCCCCCCCCCCCCCCCCCCCCCCCCCCCCC. The summed E-state index contributed by atoms with van der Waals surface area (Å²) in [6.45, 7) is 4.69. The molecule has 0 rings (SSSR count). The lowest BCUT2D eigenvalue weighted by Crippen LogP contribution is -2.45. The van der Waals surface area contributed by atoms with Gasteiger partial charge in [0.25, 0.3) is 7.82 Å². The number of quaternary nitrogens is 1. The van der Waals surface area contributed by atoms with Crippen molar-refractivity contribution in [2.45, 2.75) is 392 Å². The zero-order chi connectivity index (χ0) is 59.1. The maximum atomic E-state index is 13.0. The van der Waals surface area contributed by atoms with E-state index in [2.05, 4.69) is 31.3 Å². The third-order valence-corrected chi connectivity index (χ3v) is 17.9. The zero-order valence-corrected chi connectivity index (χ0v) is 56.2. The Kier molecular flexibility index (Phi) is 62.7. The van der Waals surface area contributed by atoms with Crippen LogP contribution >= 0.6 is 7.82 Å². The molecule has 8 nitrogen and oxygen atoms in total. The van der Waals surface area contributed by atoms with Gasteiger partial charge in [-0.3, -0.25) is 9.36 Å². The molecular weight excluding hydrogens is 1020 g/mol. The number of aliphatic hydroxyl groups excluding tert-OH is 1. The number of likely N-dealkylation sites (N-methyl/N-ethyl adjacent to an activating group) is 1. The molecule has 0 aromatic heterocycles. The standard InChI is InChI=1S/C72H143N2O6P/c1-6-8-10-12-14-16-18-20-22-24-26-28-30-31-32-33-34-35-36-37-38-39-40-41-42-43-44-46-48-50-52-54-56-58-60-62-64-66-72(76)73-70(69-80-81(77,78)79-68-67-74(3,4)5)71(75)65-63-61-59-57-55-53-51-49-47-45-29-27-25-23-21-19-17-15-13-11-9-7-2/h55,57,63,65,70-71,75H,6-54,56,58-62,64,66-69H2,1-5H3,(H-,73,76,77,78)/b57-55+,65-63+. The number of phosphoric ester groups is 1. The number of unbranched alkanes of at least 4 members (excludes halogenated alkanes) is 53. The fourth-order valence-electron chi connectivity index (χ4n) is 11.3. The topological polar surface area (TPSA) is 108 Å². The van der Waals surface area contributed by atoms with Crippen LogP contribution in [0.25, 0.3) is 0 Å². The molecule has 0 saturated carbocycles. The molecule has 2 N–H and O–H groups in total. The maximum absolute atomic E-state index is 13.0. The fraction of sp³-hybridized carbons (Fsp3) is 0.931. The lowest BCUT2D eigenvalue weighted by Gasteiger charge is -2.29. The van der Waals surface area contributed by atoms with Crippen molar-refractivity contribution in [2.75, 3.05) is 40.9 Å². The highest BCUT2D eigenvalue weighted by Gasteiger charge is 2.23. The van der Waals surface area contributed by atoms with Crippen LogP contribution in [0.15, 0.2) is 24.3 Å². The van der Waals surface area contributed by atoms with Crippen molar-refractivity contribution < 1.29 is 32.9 Å². The molecule has 0 aromatic rings. The summed E-state index contributed by atoms with van der Waals surface area (Å²) in [6.07, 6.45) is 83.3. The molecule has 0 radical (unpaired) electrons. The molecule has 9 heteroatoms. The quantitative estimate of drug-likeness (QED) is 0.0272. The van der Waals surface area contributed by atoms with Crippen molar-refractivity contribution in [2.24, 2.45) is 0 Å². The lowest BCUT2D eigenvalue weighted by molar-refractivity contribution is -0.870. The van der Waals surface area contributed by atoms with Gasteiger partial charge in [0.2, 0.25) is 5.91 Å². The Hall–Kier alpha value is -1.02. The van der Waals surface area contributed by atoms with Crippen LogP contribution in [-0.4, -0.2) is 68.5 Å². The van der Waals surface area contributed by atoms with Gasteiger partial charge in [-0.05, 0) is 32.1 Å². The molecule has 1 amide bonds. The summed E-state index contributed by atoms with van der Waals surface area (Å²) in [5.74, 6) is -0.198. The minimum absolute atomic E-state index is 0.00345. The Bertz CT molecular complexity index is 1370. The molecule has 482 valence electrons. The second-order valence-electron chi connectivity index (χ2n) is 26.3. The summed E-state index contributed by atoms with van der Waals surface area (Å²) < 4.78 is 23.4. The highest BCUT2D eigenvalue weighted by atomic mass is 31.2. The van der Waals surface area contributed by atoms with Crippen LogP contribution in [0.4, 0.5) is 0 Å². The van der Waals surface area contributed by atoms with E-state index in [0.29, 0.717) is 17.4 Å². The predicted molar refractivity (Wildman–Crippen MR) is 353 cm³/mol. The lowest BCUT2D eigenvalue weighted by atomic mass is 10.0. The summed E-state index contributed by atoms with van der Waals surface area (Å²) in [4.78, 5) is 25.6. The zero-order valence-electron chi connectivity index (χ0n) is 55.3. The van der Waals surface area contributed by atoms with Gasteiger partial charge in [-0.1, -0.05) is 366 Å². The summed E-state index contributed by atoms with van der Waals surface area (Å²) >= 11 is 0. The predicted octanol–water partition coefficient (Wildman–Crippen LogP) is 22.4. The summed E-state index contributed by atoms with van der Waals surface area (Å²) in [6, 6.07) is -0.902. The number of hydrogen-bond donors (Lipinski definition) is 2. The normalized spacial score (nSPS) is 13.7. The third kappa shape index (κ3) is 66.4. The maximum Gasteiger partial charge on any atom is 0.268 e. The largest absolute Gasteiger partial charge is 0.756 e. The second kappa shape index (κ2) is 63.5. The minimum Gasteiger partial charge on any atom is -0.756 e. The van der Waals surface area contributed by atoms with E-state index in [0.717, 1.165) is 38.5 Å². The van der Waals surface area contributed by atoms with Crippen LogP contribution in [-0.2, 0) is 18.4 Å². The van der Waals surface area contributed by atoms with E-state index < -0.39 is 20.0 Å². The van der Waals surface area contributed by atoms with E-state index in [-0.39, 0.29) is 19.1 Å². The van der Waals surface area contributed by atoms with Crippen molar-refractivity contribution in [1.82, 2.24) is 5.32 Å². The molecule has 3 atom stereocenters. The van der Waals surface area contributed by atoms with E-state index in [1.807, 2.05) is 27.2 Å². The highest BCUT2D eigenvalue weighted by molar-refractivity contribution is 7.45. The van der Waals surface area contributed by atoms with Crippen LogP contribution in [0.1, 0.15) is 380 Å². The van der Waals surface area contributed by atoms with Gasteiger partial charge in [0.05, 0.1) is 39.9 Å². The average molecular weight is 1160 g/mol. The molecule has 0 fully saturated rings. The molecule has 0 aliphatic heterocycles. The number of carbonyl (C=O) groups is 1. The number of hydrogen-bond acceptors (Lipinski definition) is 6. The van der Waals surface area contributed by atoms with Crippen LogP contribution < -0.4 is 10.2 Å². The first-order valence-electron chi connectivity index (χ1n) is 36.2. The average Bonchev–Trinajstić information content (AvgIpc) is 3.43. The van der Waals surface area contributed by atoms with E-state index in [1.165, 1.54) is 321 Å². The van der Waals surface area contributed by atoms with Crippen LogP contribution in [0.2, 0.25) is 0 Å². The monoisotopic (exact) mass is 1160 g/mol. The van der Waals surface area contributed by atoms with Crippen molar-refractivity contribution in [3.8, 4) is 0 Å². The number of aliphatic hydroxyl groups is 1. The Labute approximate surface area is 506 Å². The van der Waals surface area contributed by atoms with Gasteiger partial charge in [0, 0.05) is 6.42 Å². The molecule has 81 heavy (non-hydrogen) atoms. The first kappa shape index (κ1) is 80.0. The van der Waals surface area contributed by atoms with Gasteiger partial charge >= 0.3 is 0 Å². The summed E-state index contributed by atoms with van der Waals surface area (Å²) in [5.41, 5.74) is 0. The smallest absolute Gasteiger partial charge is 0.268 e. The number of allylic oxidation sites excluding steroid dienone is 3. The number of carbonyl (C=O) groups excluding carboxylic acids is 1. The molecule has 3 unspecified atom stereocenters. The van der Waals surface area contributed by atoms with E-state index >= 15 is 0 Å². The van der Waals surface area contributed by atoms with Crippen LogP contribution in [0.5, 0.6) is 0 Å². The third-order valence-electron chi connectivity index (χ3n) is 16.9. The summed E-state index contributed by atoms with van der Waals surface area (Å²) in [7, 11) is 1.26. The molecule has 0 aliphatic rings. The first-order chi connectivity index (χ1) is 39.5. The van der Waals surface area contributed by atoms with Crippen molar-refractivity contribution in [3.63, 3.8) is 0 Å². The van der Waals surface area contributed by atoms with E-state index in [1.54, 1.807) is 6.08 Å². The Balaban J connectivity index is 3.96. The molecular formula is C72H143N2O6P. The molecule has 0 aliphatic carbocycles. The summed E-state index contributed by atoms with van der Waals surface area (Å²) in [5, 5.41) is 13.9. The Morgan fingerprint density at radius 1 is 0.420 bits per heavy atom. The van der Waals surface area contributed by atoms with E-state index in [9.17, 15) is 19.4 Å². The molecule has 0 saturated heterocycles. The fourth-order valence-corrected chi connectivity index (χ4v) is 12.0. The molecule has 0 aromatic carbocycles. The molecule has 0 heterocycles. The van der Waals surface area contributed by atoms with Crippen LogP contribution in [0, 0.1) is 0 Å². The Morgan fingerprint density at radius 2 is 0.691 bits per heavy atom. The van der Waals surface area contributed by atoms with Gasteiger partial charge < -0.3 is 28.8 Å². The van der Waals surface area contributed by atoms with Crippen molar-refractivity contribution in [3.05, 3.63) is 24.3 Å². The highest BCUT2D eigenvalue weighted by Crippen LogP contribution is 2.38. The van der Waals surface area contributed by atoms with Gasteiger partial charge in [-0.2, -0.15) is 0 Å². The molecule has 0 bridgehead atoms. The number of nitrogens with zero attached hydrogens (tertiary/aromatic N) is 1. The van der Waals surface area contributed by atoms with Crippen molar-refractivity contribution in [1.29, 1.82) is 0 Å². The van der Waals surface area contributed by atoms with Gasteiger partial charge in [-0.15, -0.1) is 0 Å². The number of nitrogens with one attached hydrogen (secondary N) is 1. The number of amides is 1. The van der Waals surface area contributed by atoms with Gasteiger partial charge in [0.15, 0.2) is 0 Å². The first-order valence-corrected chi connectivity index (χ1v) is 37.7. The Morgan fingerprint density at radius 3 is 1.00 bits per heavy atom. The van der Waals surface area contributed by atoms with Gasteiger partial charge in [-0.25, -0.2) is 0 Å². The molecule has 0 spiro atoms.